The summed E-state index contributed by atoms with van der Waals surface area (Å²) in [5.41, 5.74) is 9.80. The molecule has 4 N–H and O–H groups in total. The van der Waals surface area contributed by atoms with Crippen molar-refractivity contribution in [3.8, 4) is 38.4 Å². The van der Waals surface area contributed by atoms with Gasteiger partial charge in [-0.3, -0.25) is 9.78 Å². The van der Waals surface area contributed by atoms with Gasteiger partial charge in [0, 0.05) is 52.4 Å². The van der Waals surface area contributed by atoms with Crippen LogP contribution in [0, 0.1) is 0 Å². The van der Waals surface area contributed by atoms with Crippen molar-refractivity contribution in [1.82, 2.24) is 15.0 Å². The van der Waals surface area contributed by atoms with Gasteiger partial charge >= 0.3 is 0 Å². The van der Waals surface area contributed by atoms with Crippen LogP contribution < -0.4 is 30.6 Å². The Morgan fingerprint density at radius 1 is 0.923 bits per heavy atom. The van der Waals surface area contributed by atoms with Crippen LogP contribution >= 0.6 is 22.7 Å². The third-order valence-electron chi connectivity index (χ3n) is 5.63. The number of nitrogen functional groups attached to an aromatic ring is 1. The highest BCUT2D eigenvalue weighted by atomic mass is 32.1. The Morgan fingerprint density at radius 2 is 1.67 bits per heavy atom. The van der Waals surface area contributed by atoms with Crippen molar-refractivity contribution in [1.29, 1.82) is 0 Å². The molecule has 0 saturated carbocycles. The van der Waals surface area contributed by atoms with Gasteiger partial charge in [-0.25, -0.2) is 9.97 Å². The molecule has 0 spiro atoms. The van der Waals surface area contributed by atoms with Gasteiger partial charge < -0.3 is 30.6 Å². The first-order valence-electron chi connectivity index (χ1n) is 11.6. The Labute approximate surface area is 232 Å². The molecule has 0 unspecified atom stereocenters. The van der Waals surface area contributed by atoms with Crippen molar-refractivity contribution in [2.75, 3.05) is 37.7 Å². The van der Waals surface area contributed by atoms with Gasteiger partial charge in [-0.05, 0) is 24.3 Å². The van der Waals surface area contributed by atoms with Crippen molar-refractivity contribution in [3.63, 3.8) is 0 Å². The lowest BCUT2D eigenvalue weighted by Crippen LogP contribution is -2.11. The number of amides is 1. The number of carbonyl (C=O) groups excluding carboxylic acids is 1. The Balaban J connectivity index is 1.35. The van der Waals surface area contributed by atoms with E-state index in [9.17, 15) is 4.79 Å². The highest BCUT2D eigenvalue weighted by molar-refractivity contribution is 7.23. The monoisotopic (exact) mass is 560 g/mol. The number of carbonyl (C=O) groups is 1. The normalized spacial score (nSPS) is 10.6. The summed E-state index contributed by atoms with van der Waals surface area (Å²) in [7, 11) is 4.68. The van der Waals surface area contributed by atoms with Crippen molar-refractivity contribution >= 4 is 50.9 Å². The number of benzene rings is 2. The Morgan fingerprint density at radius 3 is 2.36 bits per heavy atom. The van der Waals surface area contributed by atoms with E-state index in [1.54, 1.807) is 58.0 Å². The summed E-state index contributed by atoms with van der Waals surface area (Å²) in [6, 6.07) is 14.4. The standard InChI is InChI=1S/C27H24N6O4S2/c1-35-20-12-18(13-21(36-2)22(20)37-3)31-27-33-24(28)23(39-27)26-32-19(14-38-26)16-5-4-6-17(11-16)30-25(34)15-7-9-29-10-8-15/h4-14H,28H2,1-3H3,(H,30,34)(H,31,33). The van der Waals surface area contributed by atoms with E-state index in [1.807, 2.05) is 29.6 Å². The second-order valence-electron chi connectivity index (χ2n) is 8.08. The van der Waals surface area contributed by atoms with Gasteiger partial charge in [-0.2, -0.15) is 0 Å². The summed E-state index contributed by atoms with van der Waals surface area (Å²) < 4.78 is 16.3. The third-order valence-corrected chi connectivity index (χ3v) is 7.61. The SMILES string of the molecule is COc1cc(Nc2nc(N)c(-c3nc(-c4cccc(NC(=O)c5ccncc5)c4)cs3)s2)cc(OC)c1OC. The summed E-state index contributed by atoms with van der Waals surface area (Å²) in [6.45, 7) is 0. The molecule has 0 aliphatic carbocycles. The van der Waals surface area contributed by atoms with Gasteiger partial charge in [-0.15, -0.1) is 11.3 Å². The van der Waals surface area contributed by atoms with E-state index >= 15 is 0 Å². The number of rotatable bonds is 9. The van der Waals surface area contributed by atoms with E-state index in [1.165, 1.54) is 22.7 Å². The minimum absolute atomic E-state index is 0.210. The molecule has 5 rings (SSSR count). The van der Waals surface area contributed by atoms with Gasteiger partial charge in [0.05, 0.1) is 27.0 Å². The van der Waals surface area contributed by atoms with Crippen molar-refractivity contribution in [2.45, 2.75) is 0 Å². The van der Waals surface area contributed by atoms with E-state index in [0.717, 1.165) is 21.1 Å². The molecule has 3 aromatic heterocycles. The van der Waals surface area contributed by atoms with Crippen molar-refractivity contribution < 1.29 is 19.0 Å². The van der Waals surface area contributed by atoms with E-state index in [0.29, 0.717) is 45.1 Å². The zero-order valence-corrected chi connectivity index (χ0v) is 22.9. The highest BCUT2D eigenvalue weighted by Crippen LogP contribution is 2.43. The Bertz CT molecular complexity index is 1590. The topological polar surface area (TPSA) is 134 Å². The molecular formula is C27H24N6O4S2. The number of nitrogens with one attached hydrogen (secondary N) is 2. The lowest BCUT2D eigenvalue weighted by atomic mass is 10.1. The first kappa shape index (κ1) is 25.9. The zero-order valence-electron chi connectivity index (χ0n) is 21.2. The number of ether oxygens (including phenoxy) is 3. The highest BCUT2D eigenvalue weighted by Gasteiger charge is 2.18. The second-order valence-corrected chi connectivity index (χ2v) is 9.94. The first-order valence-corrected chi connectivity index (χ1v) is 13.3. The van der Waals surface area contributed by atoms with E-state index < -0.39 is 0 Å². The molecule has 0 fully saturated rings. The zero-order chi connectivity index (χ0) is 27.4. The minimum Gasteiger partial charge on any atom is -0.493 e. The Hall–Kier alpha value is -4.68. The quantitative estimate of drug-likeness (QED) is 0.200. The van der Waals surface area contributed by atoms with Crippen LogP contribution in [0.4, 0.5) is 22.3 Å². The number of thiazole rings is 2. The molecule has 12 heteroatoms. The van der Waals surface area contributed by atoms with Crippen LogP contribution in [0.15, 0.2) is 66.3 Å². The molecule has 0 aliphatic heterocycles. The second kappa shape index (κ2) is 11.4. The van der Waals surface area contributed by atoms with Crippen LogP contribution in [0.5, 0.6) is 17.2 Å². The average Bonchev–Trinajstić information content (AvgIpc) is 3.59. The smallest absolute Gasteiger partial charge is 0.255 e. The lowest BCUT2D eigenvalue weighted by Gasteiger charge is -2.14. The summed E-state index contributed by atoms with van der Waals surface area (Å²) in [4.78, 5) is 26.5. The van der Waals surface area contributed by atoms with Crippen LogP contribution in [0.1, 0.15) is 10.4 Å². The summed E-state index contributed by atoms with van der Waals surface area (Å²) in [5.74, 6) is 1.70. The summed E-state index contributed by atoms with van der Waals surface area (Å²) in [5, 5.41) is 9.45. The number of anilines is 4. The van der Waals surface area contributed by atoms with Gasteiger partial charge in [0.2, 0.25) is 5.75 Å². The number of hydrogen-bond acceptors (Lipinski definition) is 11. The number of aromatic nitrogens is 3. The van der Waals surface area contributed by atoms with Gasteiger partial charge in [-0.1, -0.05) is 23.5 Å². The fourth-order valence-electron chi connectivity index (χ4n) is 3.79. The molecule has 0 bridgehead atoms. The van der Waals surface area contributed by atoms with E-state index in [-0.39, 0.29) is 5.91 Å². The molecule has 0 radical (unpaired) electrons. The maximum atomic E-state index is 12.5. The van der Waals surface area contributed by atoms with E-state index in [2.05, 4.69) is 20.6 Å². The van der Waals surface area contributed by atoms with Crippen molar-refractivity contribution in [3.05, 3.63) is 71.9 Å². The first-order chi connectivity index (χ1) is 19.0. The maximum absolute atomic E-state index is 12.5. The predicted octanol–water partition coefficient (Wildman–Crippen LogP) is 5.93. The van der Waals surface area contributed by atoms with Gasteiger partial charge in [0.25, 0.3) is 5.91 Å². The molecule has 39 heavy (non-hydrogen) atoms. The van der Waals surface area contributed by atoms with Crippen molar-refractivity contribution in [2.24, 2.45) is 0 Å². The van der Waals surface area contributed by atoms with Gasteiger partial charge in [0.1, 0.15) is 15.7 Å². The number of hydrogen-bond donors (Lipinski definition) is 3. The molecular weight excluding hydrogens is 536 g/mol. The molecule has 1 amide bonds. The maximum Gasteiger partial charge on any atom is 0.255 e. The fraction of sp³-hybridized carbons (Fsp3) is 0.111. The number of methoxy groups -OCH3 is 3. The number of pyridine rings is 1. The fourth-order valence-corrected chi connectivity index (χ4v) is 5.62. The lowest BCUT2D eigenvalue weighted by molar-refractivity contribution is 0.102. The third kappa shape index (κ3) is 5.61. The molecule has 10 nitrogen and oxygen atoms in total. The molecule has 2 aromatic carbocycles. The largest absolute Gasteiger partial charge is 0.493 e. The molecule has 198 valence electrons. The van der Waals surface area contributed by atoms with Crippen LogP contribution in [-0.2, 0) is 0 Å². The predicted molar refractivity (Wildman–Crippen MR) is 155 cm³/mol. The van der Waals surface area contributed by atoms with Gasteiger partial charge in [0.15, 0.2) is 16.6 Å². The molecule has 0 saturated heterocycles. The van der Waals surface area contributed by atoms with Crippen LogP contribution in [-0.4, -0.2) is 42.2 Å². The van der Waals surface area contributed by atoms with Crippen LogP contribution in [0.25, 0.3) is 21.1 Å². The molecule has 0 atom stereocenters. The van der Waals surface area contributed by atoms with Crippen LogP contribution in [0.3, 0.4) is 0 Å². The minimum atomic E-state index is -0.210. The number of nitrogens with two attached hydrogens (primary N) is 1. The number of nitrogens with zero attached hydrogens (tertiary/aromatic N) is 3. The molecule has 5 aromatic rings. The molecule has 0 aliphatic rings. The summed E-state index contributed by atoms with van der Waals surface area (Å²) >= 11 is 2.85. The molecule has 3 heterocycles. The average molecular weight is 561 g/mol. The van der Waals surface area contributed by atoms with Crippen LogP contribution in [0.2, 0.25) is 0 Å². The summed E-state index contributed by atoms with van der Waals surface area (Å²) in [6.07, 6.45) is 3.16. The Kier molecular flexibility index (Phi) is 7.57. The van der Waals surface area contributed by atoms with E-state index in [4.69, 9.17) is 24.9 Å².